The number of rotatable bonds is 6. The van der Waals surface area contributed by atoms with Crippen LogP contribution in [0.15, 0.2) is 0 Å². The van der Waals surface area contributed by atoms with Gasteiger partial charge < -0.3 is 14.8 Å². The maximum absolute atomic E-state index is 13.3. The molecule has 1 N–H and O–H groups in total. The highest BCUT2D eigenvalue weighted by Crippen LogP contribution is 2.37. The molecule has 2 amide bonds. The van der Waals surface area contributed by atoms with Crippen LogP contribution in [0.5, 0.6) is 0 Å². The maximum Gasteiger partial charge on any atom is 0.411 e. The van der Waals surface area contributed by atoms with Crippen molar-refractivity contribution in [3.05, 3.63) is 0 Å². The van der Waals surface area contributed by atoms with Crippen LogP contribution < -0.4 is 5.32 Å². The van der Waals surface area contributed by atoms with Crippen molar-refractivity contribution in [1.29, 1.82) is 0 Å². The van der Waals surface area contributed by atoms with Gasteiger partial charge in [0.1, 0.15) is 17.2 Å². The molecule has 4 atom stereocenters. The van der Waals surface area contributed by atoms with Gasteiger partial charge in [0.2, 0.25) is 11.7 Å². The summed E-state index contributed by atoms with van der Waals surface area (Å²) in [5.41, 5.74) is -1.63. The number of carbonyl (C=O) groups is 4. The second kappa shape index (κ2) is 10.4. The van der Waals surface area contributed by atoms with E-state index in [1.165, 1.54) is 11.8 Å². The molecule has 1 fully saturated rings. The Labute approximate surface area is 191 Å². The average Bonchev–Trinajstić information content (AvgIpc) is 2.97. The summed E-state index contributed by atoms with van der Waals surface area (Å²) >= 11 is 0. The van der Waals surface area contributed by atoms with Crippen molar-refractivity contribution in [3.63, 3.8) is 0 Å². The van der Waals surface area contributed by atoms with Crippen LogP contribution in [0.1, 0.15) is 75.2 Å². The topological polar surface area (TPSA) is 102 Å². The molecule has 8 heteroatoms. The Balaban J connectivity index is 3.59. The second-order valence-corrected chi connectivity index (χ2v) is 10.7. The number of esters is 1. The van der Waals surface area contributed by atoms with Crippen molar-refractivity contribution < 1.29 is 28.7 Å². The highest BCUT2D eigenvalue weighted by Gasteiger charge is 2.54. The molecule has 0 spiro atoms. The lowest BCUT2D eigenvalue weighted by Crippen LogP contribution is -2.57. The predicted octanol–water partition coefficient (Wildman–Crippen LogP) is 3.08. The van der Waals surface area contributed by atoms with Crippen LogP contribution in [0.25, 0.3) is 0 Å². The second-order valence-electron chi connectivity index (χ2n) is 10.7. The third-order valence-electron chi connectivity index (χ3n) is 4.83. The predicted molar refractivity (Wildman–Crippen MR) is 121 cm³/mol. The van der Waals surface area contributed by atoms with Crippen LogP contribution in [0.2, 0.25) is 0 Å². The van der Waals surface area contributed by atoms with Gasteiger partial charge in [0, 0.05) is 6.92 Å². The summed E-state index contributed by atoms with van der Waals surface area (Å²) in [5.74, 6) is -0.0741. The first kappa shape index (κ1) is 27.5. The summed E-state index contributed by atoms with van der Waals surface area (Å²) in [4.78, 5) is 52.4. The van der Waals surface area contributed by atoms with Crippen molar-refractivity contribution in [2.45, 2.75) is 104 Å². The summed E-state index contributed by atoms with van der Waals surface area (Å²) < 4.78 is 11.1. The molecular formula is C24H38N2O6. The molecule has 1 aliphatic heterocycles. The molecule has 0 radical (unpaired) electrons. The number of ketones is 1. The number of amides is 2. The number of nitrogens with zero attached hydrogens (tertiary/aromatic N) is 1. The van der Waals surface area contributed by atoms with Crippen molar-refractivity contribution in [2.75, 3.05) is 0 Å². The number of nitrogens with one attached hydrogen (secondary N) is 1. The van der Waals surface area contributed by atoms with E-state index in [2.05, 4.69) is 11.2 Å². The SMILES string of the molecule is C#CC(=O)[C@@H]1C[C@H](C(=O)OC(C)(C)C)N(C(=O)OC(C)(C)C)[C@H]1[C@H](CC(C)C)NC(C)=O. The summed E-state index contributed by atoms with van der Waals surface area (Å²) in [5, 5.41) is 2.86. The Morgan fingerprint density at radius 2 is 1.59 bits per heavy atom. The van der Waals surface area contributed by atoms with Gasteiger partial charge in [-0.1, -0.05) is 13.8 Å². The monoisotopic (exact) mass is 450 g/mol. The van der Waals surface area contributed by atoms with Gasteiger partial charge >= 0.3 is 12.1 Å². The van der Waals surface area contributed by atoms with E-state index >= 15 is 0 Å². The standard InChI is InChI=1S/C24H38N2O6/c1-11-19(28)16-13-18(21(29)31-23(5,6)7)26(22(30)32-24(8,9)10)20(16)17(12-14(2)3)25-15(4)27/h1,14,16-18,20H,12-13H2,2-10H3,(H,25,27)/t16-,17-,18+,20+/m0/s1. The summed E-state index contributed by atoms with van der Waals surface area (Å²) in [6.07, 6.45) is 5.13. The van der Waals surface area contributed by atoms with Crippen LogP contribution in [-0.2, 0) is 23.9 Å². The minimum absolute atomic E-state index is 0.00393. The Bertz CT molecular complexity index is 769. The van der Waals surface area contributed by atoms with Crippen molar-refractivity contribution in [3.8, 4) is 12.3 Å². The molecule has 0 aromatic carbocycles. The first-order chi connectivity index (χ1) is 14.5. The summed E-state index contributed by atoms with van der Waals surface area (Å²) in [6, 6.07) is -2.52. The quantitative estimate of drug-likeness (QED) is 0.379. The van der Waals surface area contributed by atoms with Gasteiger partial charge in [0.05, 0.1) is 18.0 Å². The molecule has 0 bridgehead atoms. The van der Waals surface area contributed by atoms with Gasteiger partial charge in [0.15, 0.2) is 0 Å². The highest BCUT2D eigenvalue weighted by molar-refractivity contribution is 5.99. The van der Waals surface area contributed by atoms with Gasteiger partial charge in [-0.2, -0.15) is 0 Å². The Kier molecular flexibility index (Phi) is 8.90. The molecule has 180 valence electrons. The largest absolute Gasteiger partial charge is 0.458 e. The number of likely N-dealkylation sites (tertiary alicyclic amines) is 1. The zero-order valence-corrected chi connectivity index (χ0v) is 20.8. The lowest BCUT2D eigenvalue weighted by atomic mass is 9.86. The molecule has 1 rings (SSSR count). The zero-order valence-electron chi connectivity index (χ0n) is 20.8. The van der Waals surface area contributed by atoms with Crippen LogP contribution in [0.3, 0.4) is 0 Å². The first-order valence-electron chi connectivity index (χ1n) is 11.0. The van der Waals surface area contributed by atoms with Gasteiger partial charge in [-0.05, 0) is 66.2 Å². The lowest BCUT2D eigenvalue weighted by molar-refractivity contribution is -0.160. The summed E-state index contributed by atoms with van der Waals surface area (Å²) in [7, 11) is 0. The average molecular weight is 451 g/mol. The van der Waals surface area contributed by atoms with Crippen LogP contribution in [-0.4, -0.2) is 58.0 Å². The molecular weight excluding hydrogens is 412 g/mol. The van der Waals surface area contributed by atoms with Gasteiger partial charge in [-0.25, -0.2) is 9.59 Å². The molecule has 0 aliphatic carbocycles. The fraction of sp³-hybridized carbons (Fsp3) is 0.750. The number of hydrogen-bond donors (Lipinski definition) is 1. The number of ether oxygens (including phenoxy) is 2. The van der Waals surface area contributed by atoms with E-state index in [9.17, 15) is 19.2 Å². The maximum atomic E-state index is 13.3. The van der Waals surface area contributed by atoms with Crippen LogP contribution in [0.4, 0.5) is 4.79 Å². The van der Waals surface area contributed by atoms with Crippen molar-refractivity contribution in [2.24, 2.45) is 11.8 Å². The van der Waals surface area contributed by atoms with E-state index in [-0.39, 0.29) is 18.2 Å². The minimum atomic E-state index is -1.07. The third-order valence-corrected chi connectivity index (χ3v) is 4.83. The van der Waals surface area contributed by atoms with Crippen LogP contribution in [0, 0.1) is 24.2 Å². The van der Waals surface area contributed by atoms with Gasteiger partial charge in [-0.15, -0.1) is 6.42 Å². The molecule has 0 unspecified atom stereocenters. The molecule has 0 aromatic rings. The Hall–Kier alpha value is -2.56. The van der Waals surface area contributed by atoms with E-state index in [1.807, 2.05) is 13.8 Å². The molecule has 32 heavy (non-hydrogen) atoms. The van der Waals surface area contributed by atoms with Crippen molar-refractivity contribution >= 4 is 23.8 Å². The smallest absolute Gasteiger partial charge is 0.411 e. The molecule has 1 heterocycles. The molecule has 0 saturated carbocycles. The Morgan fingerprint density at radius 1 is 1.06 bits per heavy atom. The molecule has 8 nitrogen and oxygen atoms in total. The normalized spacial score (nSPS) is 22.2. The van der Waals surface area contributed by atoms with Gasteiger partial charge in [-0.3, -0.25) is 14.5 Å². The number of terminal acetylenes is 1. The number of Topliss-reactive ketones (excluding diaryl/α,β-unsaturated/α-hetero) is 1. The number of hydrogen-bond acceptors (Lipinski definition) is 6. The molecule has 1 saturated heterocycles. The third kappa shape index (κ3) is 7.85. The lowest BCUT2D eigenvalue weighted by Gasteiger charge is -2.38. The van der Waals surface area contributed by atoms with Gasteiger partial charge in [0.25, 0.3) is 0 Å². The van der Waals surface area contributed by atoms with E-state index in [0.717, 1.165) is 0 Å². The van der Waals surface area contributed by atoms with E-state index < -0.39 is 53.1 Å². The minimum Gasteiger partial charge on any atom is -0.458 e. The molecule has 0 aromatic heterocycles. The zero-order chi connectivity index (χ0) is 25.0. The van der Waals surface area contributed by atoms with E-state index in [0.29, 0.717) is 6.42 Å². The van der Waals surface area contributed by atoms with Crippen molar-refractivity contribution in [1.82, 2.24) is 10.2 Å². The summed E-state index contributed by atoms with van der Waals surface area (Å²) in [6.45, 7) is 15.6. The first-order valence-corrected chi connectivity index (χ1v) is 11.0. The fourth-order valence-electron chi connectivity index (χ4n) is 3.93. The number of carbonyl (C=O) groups excluding carboxylic acids is 4. The van der Waals surface area contributed by atoms with E-state index in [1.54, 1.807) is 41.5 Å². The van der Waals surface area contributed by atoms with E-state index in [4.69, 9.17) is 15.9 Å². The fourth-order valence-corrected chi connectivity index (χ4v) is 3.93. The van der Waals surface area contributed by atoms with Crippen LogP contribution >= 0.6 is 0 Å². The highest BCUT2D eigenvalue weighted by atomic mass is 16.6. The Morgan fingerprint density at radius 3 is 2.00 bits per heavy atom. The molecule has 1 aliphatic rings.